The molecule has 1 atom stereocenters. The molecule has 8 nitrogen and oxygen atoms in total. The summed E-state index contributed by atoms with van der Waals surface area (Å²) in [5.41, 5.74) is 0. The van der Waals surface area contributed by atoms with Crippen molar-refractivity contribution < 1.29 is 4.79 Å². The molecule has 0 spiro atoms. The van der Waals surface area contributed by atoms with Crippen LogP contribution in [-0.4, -0.2) is 54.1 Å². The lowest BCUT2D eigenvalue weighted by Crippen LogP contribution is -2.44. The van der Waals surface area contributed by atoms with E-state index in [1.807, 2.05) is 21.0 Å². The molecule has 0 bridgehead atoms. The van der Waals surface area contributed by atoms with E-state index in [0.29, 0.717) is 17.8 Å². The fraction of sp³-hybridized carbons (Fsp3) is 0.667. The number of nitrogens with one attached hydrogen (secondary N) is 3. The van der Waals surface area contributed by atoms with Gasteiger partial charge in [-0.2, -0.15) is 15.0 Å². The van der Waals surface area contributed by atoms with Gasteiger partial charge in [-0.3, -0.25) is 4.79 Å². The van der Waals surface area contributed by atoms with E-state index in [0.717, 1.165) is 25.9 Å². The van der Waals surface area contributed by atoms with Crippen molar-refractivity contribution in [3.05, 3.63) is 0 Å². The van der Waals surface area contributed by atoms with Crippen molar-refractivity contribution >= 4 is 23.8 Å². The number of rotatable bonds is 5. The minimum Gasteiger partial charge on any atom is -0.354 e. The molecule has 1 aliphatic heterocycles. The van der Waals surface area contributed by atoms with E-state index in [2.05, 4.69) is 30.9 Å². The van der Waals surface area contributed by atoms with E-state index >= 15 is 0 Å². The van der Waals surface area contributed by atoms with Crippen molar-refractivity contribution in [2.45, 2.75) is 25.8 Å². The summed E-state index contributed by atoms with van der Waals surface area (Å²) in [5.74, 6) is 1.47. The third-order valence-electron chi connectivity index (χ3n) is 2.95. The van der Waals surface area contributed by atoms with Gasteiger partial charge in [0, 0.05) is 27.2 Å². The van der Waals surface area contributed by atoms with Crippen LogP contribution in [0.25, 0.3) is 0 Å². The number of piperidine rings is 1. The van der Waals surface area contributed by atoms with Crippen molar-refractivity contribution in [1.82, 2.24) is 20.3 Å². The summed E-state index contributed by atoms with van der Waals surface area (Å²) in [6.45, 7) is 3.43. The van der Waals surface area contributed by atoms with Crippen molar-refractivity contribution in [1.29, 1.82) is 0 Å². The van der Waals surface area contributed by atoms with Crippen LogP contribution in [0.4, 0.5) is 17.8 Å². The first-order chi connectivity index (χ1) is 9.60. The number of hydrogen-bond donors (Lipinski definition) is 3. The highest BCUT2D eigenvalue weighted by Crippen LogP contribution is 2.14. The fourth-order valence-corrected chi connectivity index (χ4v) is 1.93. The van der Waals surface area contributed by atoms with Gasteiger partial charge < -0.3 is 20.9 Å². The van der Waals surface area contributed by atoms with Crippen molar-refractivity contribution in [2.75, 3.05) is 42.7 Å². The largest absolute Gasteiger partial charge is 0.354 e. The molecule has 3 N–H and O–H groups in total. The Morgan fingerprint density at radius 3 is 2.70 bits per heavy atom. The van der Waals surface area contributed by atoms with E-state index in [1.54, 1.807) is 4.90 Å². The maximum absolute atomic E-state index is 11.8. The smallest absolute Gasteiger partial charge is 0.242 e. The summed E-state index contributed by atoms with van der Waals surface area (Å²) in [5, 5.41) is 8.98. The quantitative estimate of drug-likeness (QED) is 0.701. The lowest BCUT2D eigenvalue weighted by molar-refractivity contribution is -0.123. The Kier molecular flexibility index (Phi) is 4.54. The van der Waals surface area contributed by atoms with Gasteiger partial charge in [-0.15, -0.1) is 0 Å². The van der Waals surface area contributed by atoms with Gasteiger partial charge in [0.05, 0.1) is 0 Å². The second-order valence-corrected chi connectivity index (χ2v) is 4.84. The molecule has 1 aromatic heterocycles. The van der Waals surface area contributed by atoms with E-state index in [1.165, 1.54) is 0 Å². The van der Waals surface area contributed by atoms with Crippen LogP contribution in [-0.2, 0) is 4.79 Å². The Hall–Kier alpha value is -2.12. The Labute approximate surface area is 118 Å². The summed E-state index contributed by atoms with van der Waals surface area (Å²) >= 11 is 0. The maximum atomic E-state index is 11.8. The minimum absolute atomic E-state index is 0.00642. The monoisotopic (exact) mass is 279 g/mol. The molecule has 0 radical (unpaired) electrons. The van der Waals surface area contributed by atoms with Crippen LogP contribution in [0.2, 0.25) is 0 Å². The number of nitrogens with zero attached hydrogens (tertiary/aromatic N) is 4. The second-order valence-electron chi connectivity index (χ2n) is 4.84. The molecule has 1 aliphatic rings. The second kappa shape index (κ2) is 6.36. The van der Waals surface area contributed by atoms with Crippen LogP contribution in [0.5, 0.6) is 0 Å². The zero-order valence-electron chi connectivity index (χ0n) is 12.1. The normalized spacial score (nSPS) is 18.4. The van der Waals surface area contributed by atoms with Crippen molar-refractivity contribution in [2.24, 2.45) is 0 Å². The molecule has 2 heterocycles. The molecule has 1 saturated heterocycles. The first kappa shape index (κ1) is 14.3. The lowest BCUT2D eigenvalue weighted by atomic mass is 10.1. The van der Waals surface area contributed by atoms with E-state index < -0.39 is 0 Å². The van der Waals surface area contributed by atoms with Crippen LogP contribution >= 0.6 is 0 Å². The predicted octanol–water partition coefficient (Wildman–Crippen LogP) is 0.0599. The van der Waals surface area contributed by atoms with Crippen LogP contribution < -0.4 is 20.9 Å². The van der Waals surface area contributed by atoms with Gasteiger partial charge in [0.2, 0.25) is 23.8 Å². The van der Waals surface area contributed by atoms with E-state index in [9.17, 15) is 4.79 Å². The third kappa shape index (κ3) is 3.46. The van der Waals surface area contributed by atoms with Crippen LogP contribution in [0.15, 0.2) is 0 Å². The zero-order valence-corrected chi connectivity index (χ0v) is 12.1. The van der Waals surface area contributed by atoms with Gasteiger partial charge in [0.1, 0.15) is 6.04 Å². The summed E-state index contributed by atoms with van der Waals surface area (Å²) < 4.78 is 0. The maximum Gasteiger partial charge on any atom is 0.242 e. The standard InChI is InChI=1S/C12H21N7O/c1-4-13-10-16-11(18-12(17-10)19(2)3)15-8-6-5-7-14-9(8)20/h8H,4-7H2,1-3H3,(H,14,20)(H2,13,15,16,17,18). The predicted molar refractivity (Wildman–Crippen MR) is 78.0 cm³/mol. The molecular weight excluding hydrogens is 258 g/mol. The first-order valence-corrected chi connectivity index (χ1v) is 6.81. The number of aromatic nitrogens is 3. The molecule has 1 unspecified atom stereocenters. The van der Waals surface area contributed by atoms with Crippen molar-refractivity contribution in [3.8, 4) is 0 Å². The van der Waals surface area contributed by atoms with Gasteiger partial charge >= 0.3 is 0 Å². The topological polar surface area (TPSA) is 95.1 Å². The van der Waals surface area contributed by atoms with E-state index in [4.69, 9.17) is 0 Å². The molecule has 8 heteroatoms. The molecule has 110 valence electrons. The van der Waals surface area contributed by atoms with E-state index in [-0.39, 0.29) is 11.9 Å². The summed E-state index contributed by atoms with van der Waals surface area (Å²) in [4.78, 5) is 26.4. The van der Waals surface area contributed by atoms with Gasteiger partial charge in [-0.25, -0.2) is 0 Å². The number of carbonyl (C=O) groups is 1. The molecule has 2 rings (SSSR count). The van der Waals surface area contributed by atoms with Gasteiger partial charge in [-0.1, -0.05) is 0 Å². The first-order valence-electron chi connectivity index (χ1n) is 6.81. The van der Waals surface area contributed by atoms with Crippen molar-refractivity contribution in [3.63, 3.8) is 0 Å². The molecular formula is C12H21N7O. The fourth-order valence-electron chi connectivity index (χ4n) is 1.93. The highest BCUT2D eigenvalue weighted by molar-refractivity contribution is 5.84. The number of amides is 1. The average Bonchev–Trinajstić information content (AvgIpc) is 2.41. The molecule has 1 fully saturated rings. The third-order valence-corrected chi connectivity index (χ3v) is 2.95. The zero-order chi connectivity index (χ0) is 14.5. The highest BCUT2D eigenvalue weighted by atomic mass is 16.2. The van der Waals surface area contributed by atoms with Gasteiger partial charge in [0.15, 0.2) is 0 Å². The Morgan fingerprint density at radius 1 is 1.30 bits per heavy atom. The summed E-state index contributed by atoms with van der Waals surface area (Å²) in [7, 11) is 3.73. The molecule has 0 aliphatic carbocycles. The Bertz CT molecular complexity index is 477. The molecule has 0 aromatic carbocycles. The number of anilines is 3. The summed E-state index contributed by atoms with van der Waals surface area (Å²) in [6, 6.07) is -0.282. The number of hydrogen-bond acceptors (Lipinski definition) is 7. The lowest BCUT2D eigenvalue weighted by Gasteiger charge is -2.23. The minimum atomic E-state index is -0.282. The summed E-state index contributed by atoms with van der Waals surface area (Å²) in [6.07, 6.45) is 1.74. The molecule has 1 aromatic rings. The van der Waals surface area contributed by atoms with Crippen LogP contribution in [0, 0.1) is 0 Å². The van der Waals surface area contributed by atoms with Gasteiger partial charge in [-0.05, 0) is 19.8 Å². The molecule has 20 heavy (non-hydrogen) atoms. The van der Waals surface area contributed by atoms with Crippen LogP contribution in [0.3, 0.4) is 0 Å². The van der Waals surface area contributed by atoms with Gasteiger partial charge in [0.25, 0.3) is 0 Å². The molecule has 1 amide bonds. The molecule has 0 saturated carbocycles. The highest BCUT2D eigenvalue weighted by Gasteiger charge is 2.23. The average molecular weight is 279 g/mol. The Balaban J connectivity index is 2.18. The van der Waals surface area contributed by atoms with Crippen LogP contribution in [0.1, 0.15) is 19.8 Å². The Morgan fingerprint density at radius 2 is 2.05 bits per heavy atom. The number of carbonyl (C=O) groups excluding carboxylic acids is 1. The SMILES string of the molecule is CCNc1nc(NC2CCCNC2=O)nc(N(C)C)n1.